The first-order valence-electron chi connectivity index (χ1n) is 11.3. The molecule has 178 valence electrons. The Kier molecular flexibility index (Phi) is 6.31. The van der Waals surface area contributed by atoms with E-state index in [0.29, 0.717) is 23.8 Å². The van der Waals surface area contributed by atoms with Crippen LogP contribution in [0.2, 0.25) is 0 Å². The van der Waals surface area contributed by atoms with Crippen molar-refractivity contribution in [3.8, 4) is 11.3 Å². The molecule has 0 radical (unpaired) electrons. The summed E-state index contributed by atoms with van der Waals surface area (Å²) in [6.45, 7) is 3.68. The van der Waals surface area contributed by atoms with Crippen LogP contribution >= 0.6 is 0 Å². The van der Waals surface area contributed by atoms with Gasteiger partial charge in [-0.1, -0.05) is 0 Å². The molecule has 4 N–H and O–H groups in total. The van der Waals surface area contributed by atoms with Crippen molar-refractivity contribution >= 4 is 23.4 Å². The molecule has 1 fully saturated rings. The fourth-order valence-electron chi connectivity index (χ4n) is 4.09. The Morgan fingerprint density at radius 2 is 1.94 bits per heavy atom. The molecule has 11 nitrogen and oxygen atoms in total. The van der Waals surface area contributed by atoms with Gasteiger partial charge in [-0.3, -0.25) is 14.5 Å². The molecule has 0 aliphatic carbocycles. The largest absolute Gasteiger partial charge is 0.364 e. The number of nitrogens with zero attached hydrogens (tertiary/aromatic N) is 7. The molecule has 5 heterocycles. The highest BCUT2D eigenvalue weighted by Gasteiger charge is 2.15. The van der Waals surface area contributed by atoms with Crippen LogP contribution in [0.4, 0.5) is 17.5 Å². The third-order valence-corrected chi connectivity index (χ3v) is 5.75. The molecule has 1 aliphatic rings. The quantitative estimate of drug-likeness (QED) is 0.367. The molecule has 4 aromatic rings. The van der Waals surface area contributed by atoms with Gasteiger partial charge < -0.3 is 21.3 Å². The van der Waals surface area contributed by atoms with Crippen LogP contribution < -0.4 is 21.3 Å². The summed E-state index contributed by atoms with van der Waals surface area (Å²) >= 11 is 0. The average molecular weight is 471 g/mol. The predicted octanol–water partition coefficient (Wildman–Crippen LogP) is 1.51. The van der Waals surface area contributed by atoms with Gasteiger partial charge >= 0.3 is 0 Å². The van der Waals surface area contributed by atoms with Gasteiger partial charge in [0.25, 0.3) is 5.91 Å². The maximum absolute atomic E-state index is 11.7. The van der Waals surface area contributed by atoms with E-state index in [-0.39, 0.29) is 0 Å². The van der Waals surface area contributed by atoms with Crippen molar-refractivity contribution in [2.75, 3.05) is 36.4 Å². The summed E-state index contributed by atoms with van der Waals surface area (Å²) in [5.41, 5.74) is 9.27. The van der Waals surface area contributed by atoms with Crippen molar-refractivity contribution in [1.82, 2.24) is 35.0 Å². The van der Waals surface area contributed by atoms with Crippen molar-refractivity contribution in [1.29, 1.82) is 0 Å². The molecule has 11 heteroatoms. The second-order valence-corrected chi connectivity index (χ2v) is 8.29. The zero-order valence-electron chi connectivity index (χ0n) is 19.3. The smallest absolute Gasteiger partial charge is 0.266 e. The number of nitrogens with two attached hydrogens (primary N) is 1. The first-order chi connectivity index (χ1) is 17.0. The third kappa shape index (κ3) is 5.25. The molecule has 1 saturated heterocycles. The number of carbonyl (C=O) groups excluding carboxylic acids is 1. The van der Waals surface area contributed by atoms with E-state index in [2.05, 4.69) is 41.7 Å². The van der Waals surface area contributed by atoms with Gasteiger partial charge in [0.1, 0.15) is 23.1 Å². The number of carbonyl (C=O) groups is 1. The normalized spacial score (nSPS) is 13.6. The molecule has 1 amide bonds. The topological polar surface area (TPSA) is 140 Å². The van der Waals surface area contributed by atoms with E-state index in [1.807, 2.05) is 24.4 Å². The monoisotopic (exact) mass is 470 g/mol. The molecule has 5 rings (SSSR count). The second kappa shape index (κ2) is 9.85. The van der Waals surface area contributed by atoms with Crippen LogP contribution in [-0.4, -0.2) is 61.8 Å². The van der Waals surface area contributed by atoms with Crippen LogP contribution in [0.1, 0.15) is 21.7 Å². The minimum atomic E-state index is -0.510. The molecule has 1 aliphatic heterocycles. The Balaban J connectivity index is 1.51. The predicted molar refractivity (Wildman–Crippen MR) is 132 cm³/mol. The van der Waals surface area contributed by atoms with E-state index in [4.69, 9.17) is 10.7 Å². The Bertz CT molecular complexity index is 1330. The van der Waals surface area contributed by atoms with Crippen LogP contribution in [0, 0.1) is 0 Å². The van der Waals surface area contributed by atoms with Crippen LogP contribution in [0.3, 0.4) is 0 Å². The van der Waals surface area contributed by atoms with E-state index in [1.54, 1.807) is 31.7 Å². The van der Waals surface area contributed by atoms with Gasteiger partial charge in [0.2, 0.25) is 0 Å². The van der Waals surface area contributed by atoms with Crippen molar-refractivity contribution in [3.63, 3.8) is 0 Å². The van der Waals surface area contributed by atoms with E-state index in [9.17, 15) is 4.79 Å². The zero-order valence-corrected chi connectivity index (χ0v) is 19.3. The summed E-state index contributed by atoms with van der Waals surface area (Å²) in [7, 11) is 1.71. The van der Waals surface area contributed by atoms with Crippen LogP contribution in [0.15, 0.2) is 55.1 Å². The van der Waals surface area contributed by atoms with Crippen LogP contribution in [0.25, 0.3) is 11.3 Å². The molecule has 0 spiro atoms. The number of hydrogen-bond acceptors (Lipinski definition) is 9. The van der Waals surface area contributed by atoms with Crippen molar-refractivity contribution in [2.45, 2.75) is 6.42 Å². The van der Waals surface area contributed by atoms with E-state index in [0.717, 1.165) is 54.5 Å². The molecule has 4 aromatic heterocycles. The van der Waals surface area contributed by atoms with E-state index < -0.39 is 5.91 Å². The molecular weight excluding hydrogens is 444 g/mol. The fourth-order valence-corrected chi connectivity index (χ4v) is 4.09. The number of aromatic nitrogens is 6. The van der Waals surface area contributed by atoms with Gasteiger partial charge in [-0.05, 0) is 35.9 Å². The Labute approximate surface area is 202 Å². The Morgan fingerprint density at radius 1 is 1.09 bits per heavy atom. The highest BCUT2D eigenvalue weighted by atomic mass is 16.1. The fraction of sp³-hybridized carbons (Fsp3) is 0.250. The Hall–Kier alpha value is -4.38. The van der Waals surface area contributed by atoms with Crippen LogP contribution in [-0.2, 0) is 13.5 Å². The average Bonchev–Trinajstić information content (AvgIpc) is 3.25. The molecule has 0 bridgehead atoms. The number of nitrogens with one attached hydrogen (secondary N) is 2. The number of anilines is 3. The van der Waals surface area contributed by atoms with E-state index in [1.165, 1.54) is 4.68 Å². The third-order valence-electron chi connectivity index (χ3n) is 5.75. The zero-order chi connectivity index (χ0) is 24.2. The summed E-state index contributed by atoms with van der Waals surface area (Å²) in [6, 6.07) is 9.70. The number of hydrogen-bond donors (Lipinski definition) is 3. The van der Waals surface area contributed by atoms with Gasteiger partial charge in [-0.25, -0.2) is 15.0 Å². The van der Waals surface area contributed by atoms with Gasteiger partial charge in [-0.15, -0.1) is 0 Å². The first-order valence-corrected chi connectivity index (χ1v) is 11.3. The first kappa shape index (κ1) is 22.4. The lowest BCUT2D eigenvalue weighted by molar-refractivity contribution is 0.0991. The lowest BCUT2D eigenvalue weighted by Gasteiger charge is -2.28. The number of aryl methyl sites for hydroxylation is 1. The summed E-state index contributed by atoms with van der Waals surface area (Å²) in [5, 5.41) is 11.0. The van der Waals surface area contributed by atoms with Gasteiger partial charge in [-0.2, -0.15) is 5.10 Å². The number of piperazine rings is 1. The summed E-state index contributed by atoms with van der Waals surface area (Å²) in [4.78, 5) is 31.8. The molecular formula is C24H26N10O. The minimum absolute atomic E-state index is 0.363. The van der Waals surface area contributed by atoms with Crippen LogP contribution in [0.5, 0.6) is 0 Å². The lowest BCUT2D eigenvalue weighted by Crippen LogP contribution is -2.43. The Morgan fingerprint density at radius 3 is 2.69 bits per heavy atom. The molecule has 0 saturated carbocycles. The summed E-state index contributed by atoms with van der Waals surface area (Å²) in [6.07, 6.45) is 7.19. The van der Waals surface area contributed by atoms with Crippen molar-refractivity contribution in [2.24, 2.45) is 12.8 Å². The molecule has 0 aromatic carbocycles. The molecule has 0 atom stereocenters. The number of rotatable bonds is 7. The number of amides is 1. The summed E-state index contributed by atoms with van der Waals surface area (Å²) in [5.74, 6) is 1.64. The minimum Gasteiger partial charge on any atom is -0.364 e. The molecule has 0 unspecified atom stereocenters. The number of pyridine rings is 2. The number of primary amides is 1. The molecule has 35 heavy (non-hydrogen) atoms. The maximum Gasteiger partial charge on any atom is 0.266 e. The van der Waals surface area contributed by atoms with E-state index >= 15 is 0 Å². The van der Waals surface area contributed by atoms with Crippen molar-refractivity contribution < 1.29 is 4.79 Å². The lowest BCUT2D eigenvalue weighted by atomic mass is 10.1. The highest BCUT2D eigenvalue weighted by Crippen LogP contribution is 2.26. The van der Waals surface area contributed by atoms with Gasteiger partial charge in [0, 0.05) is 63.8 Å². The van der Waals surface area contributed by atoms with Gasteiger partial charge in [0.15, 0.2) is 0 Å². The SMILES string of the molecule is Cn1nc(Cc2cc(Nc3cnccn3)nc(-c3ccnc(N4CCNCC4)c3)c2)cc1C(N)=O. The van der Waals surface area contributed by atoms with Gasteiger partial charge in [0.05, 0.1) is 17.6 Å². The standard InChI is InChI=1S/C24H26N10O/c1-33-20(24(25)35)14-18(32-33)10-16-11-19(30-21(12-16)31-22-15-27-4-5-28-22)17-2-3-29-23(13-17)34-8-6-26-7-9-34/h2-5,11-15,26H,6-10H2,1H3,(H2,25,35)(H,28,30,31). The maximum atomic E-state index is 11.7. The highest BCUT2D eigenvalue weighted by molar-refractivity contribution is 5.91. The second-order valence-electron chi connectivity index (χ2n) is 8.29. The summed E-state index contributed by atoms with van der Waals surface area (Å²) < 4.78 is 1.50. The van der Waals surface area contributed by atoms with Crippen molar-refractivity contribution in [3.05, 3.63) is 72.1 Å².